The Balaban J connectivity index is 1.76. The van der Waals surface area contributed by atoms with Gasteiger partial charge in [-0.1, -0.05) is 55.5 Å². The third-order valence-corrected chi connectivity index (χ3v) is 7.51. The average molecular weight is 393 g/mol. The van der Waals surface area contributed by atoms with Crippen molar-refractivity contribution in [2.45, 2.75) is 69.7 Å². The number of nitrogens with one attached hydrogen (secondary N) is 1. The van der Waals surface area contributed by atoms with E-state index in [0.717, 1.165) is 25.7 Å². The van der Waals surface area contributed by atoms with Crippen molar-refractivity contribution in [1.29, 1.82) is 0 Å². The van der Waals surface area contributed by atoms with Gasteiger partial charge in [-0.25, -0.2) is 8.42 Å². The summed E-state index contributed by atoms with van der Waals surface area (Å²) in [5, 5.41) is 3.14. The number of carbonyl (C=O) groups excluding carboxylic acids is 1. The molecule has 1 aromatic carbocycles. The second-order valence-corrected chi connectivity index (χ2v) is 10.2. The predicted octanol–water partition coefficient (Wildman–Crippen LogP) is 3.13. The van der Waals surface area contributed by atoms with Crippen LogP contribution in [0.4, 0.5) is 0 Å². The van der Waals surface area contributed by atoms with Crippen LogP contribution in [0.25, 0.3) is 0 Å². The number of hydrogen-bond acceptors (Lipinski definition) is 3. The van der Waals surface area contributed by atoms with Crippen molar-refractivity contribution in [3.05, 3.63) is 35.4 Å². The maximum atomic E-state index is 12.9. The van der Waals surface area contributed by atoms with E-state index in [4.69, 9.17) is 0 Å². The summed E-state index contributed by atoms with van der Waals surface area (Å²) >= 11 is 0. The minimum absolute atomic E-state index is 0.0372. The van der Waals surface area contributed by atoms with Crippen LogP contribution < -0.4 is 5.32 Å². The lowest BCUT2D eigenvalue weighted by atomic mass is 9.69. The molecule has 0 unspecified atom stereocenters. The summed E-state index contributed by atoms with van der Waals surface area (Å²) in [6, 6.07) is 8.04. The SMILES string of the molecule is Cc1cccc(C2(CNC(=O)[C@H]3CCCCN3S(C)(=O)=O)CCCCC2)c1. The lowest BCUT2D eigenvalue weighted by molar-refractivity contribution is -0.126. The molecule has 1 aliphatic heterocycles. The first-order valence-corrected chi connectivity index (χ1v) is 12.0. The van der Waals surface area contributed by atoms with Crippen molar-refractivity contribution in [1.82, 2.24) is 9.62 Å². The van der Waals surface area contributed by atoms with Crippen LogP contribution in [-0.4, -0.2) is 44.0 Å². The fourth-order valence-corrected chi connectivity index (χ4v) is 5.83. The molecule has 2 aliphatic rings. The highest BCUT2D eigenvalue weighted by atomic mass is 32.2. The number of benzene rings is 1. The van der Waals surface area contributed by atoms with E-state index in [9.17, 15) is 13.2 Å². The van der Waals surface area contributed by atoms with Gasteiger partial charge in [-0.2, -0.15) is 4.31 Å². The van der Waals surface area contributed by atoms with E-state index in [2.05, 4.69) is 36.5 Å². The van der Waals surface area contributed by atoms with Crippen LogP contribution >= 0.6 is 0 Å². The normalized spacial score (nSPS) is 23.7. The van der Waals surface area contributed by atoms with Crippen LogP contribution in [0.15, 0.2) is 24.3 Å². The molecule has 2 fully saturated rings. The average Bonchev–Trinajstić information content (AvgIpc) is 2.66. The van der Waals surface area contributed by atoms with Gasteiger partial charge in [0, 0.05) is 18.5 Å². The van der Waals surface area contributed by atoms with E-state index in [1.807, 2.05) is 0 Å². The van der Waals surface area contributed by atoms with Gasteiger partial charge in [0.15, 0.2) is 0 Å². The van der Waals surface area contributed by atoms with Crippen LogP contribution in [0.5, 0.6) is 0 Å². The van der Waals surface area contributed by atoms with Gasteiger partial charge >= 0.3 is 0 Å². The Labute approximate surface area is 163 Å². The molecule has 1 saturated carbocycles. The summed E-state index contributed by atoms with van der Waals surface area (Å²) in [5.74, 6) is -0.141. The summed E-state index contributed by atoms with van der Waals surface area (Å²) in [4.78, 5) is 12.9. The number of rotatable bonds is 5. The summed E-state index contributed by atoms with van der Waals surface area (Å²) < 4.78 is 25.5. The molecule has 1 atom stereocenters. The highest BCUT2D eigenvalue weighted by Crippen LogP contribution is 2.39. The fraction of sp³-hybridized carbons (Fsp3) is 0.667. The number of carbonyl (C=O) groups is 1. The first-order chi connectivity index (χ1) is 12.8. The summed E-state index contributed by atoms with van der Waals surface area (Å²) in [5.41, 5.74) is 2.50. The standard InChI is InChI=1S/C21H32N2O3S/c1-17-9-8-10-18(15-17)21(12-5-3-6-13-21)16-22-20(24)19-11-4-7-14-23(19)27(2,25)26/h8-10,15,19H,3-7,11-14,16H2,1-2H3,(H,22,24)/t19-/m1/s1. The number of aryl methyl sites for hydroxylation is 1. The van der Waals surface area contributed by atoms with Gasteiger partial charge < -0.3 is 5.32 Å². The largest absolute Gasteiger partial charge is 0.354 e. The lowest BCUT2D eigenvalue weighted by Crippen LogP contribution is -2.53. The van der Waals surface area contributed by atoms with Crippen molar-refractivity contribution in [3.63, 3.8) is 0 Å². The van der Waals surface area contributed by atoms with E-state index < -0.39 is 16.1 Å². The van der Waals surface area contributed by atoms with Crippen molar-refractivity contribution >= 4 is 15.9 Å². The summed E-state index contributed by atoms with van der Waals surface area (Å²) in [6.45, 7) is 3.13. The highest BCUT2D eigenvalue weighted by Gasteiger charge is 2.38. The number of piperidine rings is 1. The lowest BCUT2D eigenvalue weighted by Gasteiger charge is -2.39. The molecule has 1 amide bonds. The molecule has 150 valence electrons. The molecule has 0 bridgehead atoms. The molecule has 1 N–H and O–H groups in total. The molecule has 3 rings (SSSR count). The quantitative estimate of drug-likeness (QED) is 0.837. The van der Waals surface area contributed by atoms with Crippen molar-refractivity contribution < 1.29 is 13.2 Å². The van der Waals surface area contributed by atoms with Gasteiger partial charge in [-0.15, -0.1) is 0 Å². The smallest absolute Gasteiger partial charge is 0.238 e. The zero-order chi connectivity index (χ0) is 19.5. The molecule has 1 aromatic rings. The summed E-state index contributed by atoms with van der Waals surface area (Å²) in [7, 11) is -3.36. The molecule has 5 nitrogen and oxygen atoms in total. The van der Waals surface area contributed by atoms with E-state index >= 15 is 0 Å². The molecular weight excluding hydrogens is 360 g/mol. The number of nitrogens with zero attached hydrogens (tertiary/aromatic N) is 1. The minimum atomic E-state index is -3.36. The van der Waals surface area contributed by atoms with Gasteiger partial charge in [-0.05, 0) is 38.2 Å². The molecule has 0 spiro atoms. The molecule has 0 aromatic heterocycles. The van der Waals surface area contributed by atoms with Gasteiger partial charge in [0.25, 0.3) is 0 Å². The third kappa shape index (κ3) is 4.72. The molecule has 1 heterocycles. The van der Waals surface area contributed by atoms with Gasteiger partial charge in [0.2, 0.25) is 15.9 Å². The first-order valence-electron chi connectivity index (χ1n) is 10.1. The second-order valence-electron chi connectivity index (χ2n) is 8.31. The number of amides is 1. The maximum Gasteiger partial charge on any atom is 0.238 e. The van der Waals surface area contributed by atoms with Crippen molar-refractivity contribution in [2.75, 3.05) is 19.3 Å². The topological polar surface area (TPSA) is 66.5 Å². The Morgan fingerprint density at radius 2 is 1.93 bits per heavy atom. The molecule has 27 heavy (non-hydrogen) atoms. The number of sulfonamides is 1. The summed E-state index contributed by atoms with van der Waals surface area (Å²) in [6.07, 6.45) is 9.24. The zero-order valence-electron chi connectivity index (χ0n) is 16.5. The van der Waals surface area contributed by atoms with E-state index in [1.54, 1.807) is 0 Å². The minimum Gasteiger partial charge on any atom is -0.354 e. The Morgan fingerprint density at radius 3 is 2.59 bits per heavy atom. The fourth-order valence-electron chi connectivity index (χ4n) is 4.71. The Bertz CT molecular complexity index is 769. The molecule has 6 heteroatoms. The second kappa shape index (κ2) is 8.31. The Morgan fingerprint density at radius 1 is 1.19 bits per heavy atom. The molecular formula is C21H32N2O3S. The first kappa shape index (κ1) is 20.3. The van der Waals surface area contributed by atoms with Crippen LogP contribution in [0.2, 0.25) is 0 Å². The van der Waals surface area contributed by atoms with Crippen LogP contribution in [0.3, 0.4) is 0 Å². The van der Waals surface area contributed by atoms with Crippen molar-refractivity contribution in [2.24, 2.45) is 0 Å². The van der Waals surface area contributed by atoms with E-state index in [1.165, 1.54) is 41.0 Å². The molecule has 0 radical (unpaired) electrons. The van der Waals surface area contributed by atoms with Gasteiger partial charge in [0.05, 0.1) is 6.26 Å². The van der Waals surface area contributed by atoms with E-state index in [-0.39, 0.29) is 11.3 Å². The predicted molar refractivity (Wildman–Crippen MR) is 108 cm³/mol. The molecule has 1 aliphatic carbocycles. The number of hydrogen-bond donors (Lipinski definition) is 1. The van der Waals surface area contributed by atoms with E-state index in [0.29, 0.717) is 19.5 Å². The molecule has 1 saturated heterocycles. The third-order valence-electron chi connectivity index (χ3n) is 6.22. The monoisotopic (exact) mass is 392 g/mol. The Kier molecular flexibility index (Phi) is 6.26. The van der Waals surface area contributed by atoms with Gasteiger partial charge in [0.1, 0.15) is 6.04 Å². The maximum absolute atomic E-state index is 12.9. The van der Waals surface area contributed by atoms with Crippen LogP contribution in [-0.2, 0) is 20.2 Å². The zero-order valence-corrected chi connectivity index (χ0v) is 17.4. The van der Waals surface area contributed by atoms with Gasteiger partial charge in [-0.3, -0.25) is 4.79 Å². The Hall–Kier alpha value is -1.40. The highest BCUT2D eigenvalue weighted by molar-refractivity contribution is 7.88. The van der Waals surface area contributed by atoms with Crippen LogP contribution in [0, 0.1) is 6.92 Å². The van der Waals surface area contributed by atoms with Crippen LogP contribution in [0.1, 0.15) is 62.5 Å². The van der Waals surface area contributed by atoms with Crippen molar-refractivity contribution in [3.8, 4) is 0 Å².